The normalized spacial score (nSPS) is 13.8. The fraction of sp³-hybridized carbons (Fsp3) is 0.368. The van der Waals surface area contributed by atoms with Gasteiger partial charge in [-0.1, -0.05) is 42.8 Å². The molecule has 2 aliphatic heterocycles. The second-order valence-electron chi connectivity index (χ2n) is 13.9. The van der Waals surface area contributed by atoms with Gasteiger partial charge in [0, 0.05) is 72.1 Å². The third kappa shape index (κ3) is 11.2. The lowest BCUT2D eigenvalue weighted by atomic mass is 9.86. The summed E-state index contributed by atoms with van der Waals surface area (Å²) in [6, 6.07) is 13.9. The molecule has 0 fully saturated rings. The molecule has 2 aromatic heterocycles. The first-order valence-electron chi connectivity index (χ1n) is 16.9. The molecule has 12 nitrogen and oxygen atoms in total. The smallest absolute Gasteiger partial charge is 0.311 e. The number of fused-ring (bicyclic) bond motifs is 2. The Balaban J connectivity index is 0.000000275. The Morgan fingerprint density at radius 2 is 1.34 bits per heavy atom. The van der Waals surface area contributed by atoms with Gasteiger partial charge in [-0.25, -0.2) is 0 Å². The average molecular weight is 832 g/mol. The summed E-state index contributed by atoms with van der Waals surface area (Å²) in [7, 11) is 4.13. The summed E-state index contributed by atoms with van der Waals surface area (Å²) in [5, 5.41) is 16.9. The van der Waals surface area contributed by atoms with Crippen LogP contribution in [0.25, 0.3) is 0 Å². The maximum atomic E-state index is 12.6. The number of carbonyl (C=O) groups excluding carboxylic acids is 2. The van der Waals surface area contributed by atoms with E-state index in [0.717, 1.165) is 66.1 Å². The first kappa shape index (κ1) is 43.3. The zero-order chi connectivity index (χ0) is 36.9. The first-order chi connectivity index (χ1) is 24.2. The molecule has 2 aromatic carbocycles. The second-order valence-corrected chi connectivity index (χ2v) is 14.7. The van der Waals surface area contributed by atoms with E-state index < -0.39 is 10.8 Å². The number of hydrogen-bond donors (Lipinski definition) is 2. The van der Waals surface area contributed by atoms with Gasteiger partial charge in [0.1, 0.15) is 0 Å². The number of nitro benzene ring substituents is 1. The number of anilines is 2. The molecule has 0 atom stereocenters. The molecule has 284 valence electrons. The van der Waals surface area contributed by atoms with Gasteiger partial charge in [0.05, 0.1) is 35.3 Å². The summed E-state index contributed by atoms with van der Waals surface area (Å²) in [5.41, 5.74) is 7.56. The molecule has 6 rings (SSSR count). The van der Waals surface area contributed by atoms with E-state index in [1.165, 1.54) is 29.3 Å². The van der Waals surface area contributed by atoms with Gasteiger partial charge in [-0.15, -0.1) is 24.8 Å². The van der Waals surface area contributed by atoms with Crippen LogP contribution in [0.2, 0.25) is 0 Å². The summed E-state index contributed by atoms with van der Waals surface area (Å²) in [6.45, 7) is 12.2. The molecule has 15 heteroatoms. The number of carbonyl (C=O) groups is 2. The minimum absolute atomic E-state index is 0. The summed E-state index contributed by atoms with van der Waals surface area (Å²) < 4.78 is 6.19. The van der Waals surface area contributed by atoms with Crippen molar-refractivity contribution < 1.29 is 19.2 Å². The largest absolute Gasteiger partial charge is 0.487 e. The van der Waals surface area contributed by atoms with E-state index in [0.29, 0.717) is 17.9 Å². The minimum atomic E-state index is -0.557. The van der Waals surface area contributed by atoms with Crippen LogP contribution in [-0.2, 0) is 31.3 Å². The van der Waals surface area contributed by atoms with E-state index in [9.17, 15) is 19.7 Å². The standard InChI is InChI=1S/C20H24BrN3O.C18H20N4O4.2ClH/c1-20(2,3)16-6-5-13(10-17(16)21)19(25)23-15-9-14-12-24(4)8-7-18(14)22-11-15;1-3-26-17-5-4-12(9-16(17)22(24)25)18(23)20-14-8-13-11-21(2)7-6-15(13)19-10-14;;/h5-6,9-11H,7-8,12H2,1-4H3,(H,23,25);4-5,8-10H,3,6-7,11H2,1-2H3,(H,20,23);2*1H. The van der Waals surface area contributed by atoms with Crippen molar-refractivity contribution >= 4 is 69.6 Å². The molecular weight excluding hydrogens is 785 g/mol. The van der Waals surface area contributed by atoms with Crippen LogP contribution >= 0.6 is 40.7 Å². The minimum Gasteiger partial charge on any atom is -0.487 e. The van der Waals surface area contributed by atoms with Crippen molar-refractivity contribution in [2.75, 3.05) is 44.4 Å². The van der Waals surface area contributed by atoms with Crippen LogP contribution in [0, 0.1) is 10.1 Å². The third-order valence-corrected chi connectivity index (χ3v) is 9.39. The highest BCUT2D eigenvalue weighted by Gasteiger charge is 2.21. The average Bonchev–Trinajstić information content (AvgIpc) is 3.07. The van der Waals surface area contributed by atoms with E-state index in [1.54, 1.807) is 19.3 Å². The zero-order valence-electron chi connectivity index (χ0n) is 30.7. The van der Waals surface area contributed by atoms with Crippen molar-refractivity contribution in [3.05, 3.63) is 115 Å². The Hall–Kier alpha value is -4.14. The lowest BCUT2D eigenvalue weighted by Gasteiger charge is -2.24. The van der Waals surface area contributed by atoms with E-state index in [4.69, 9.17) is 4.74 Å². The van der Waals surface area contributed by atoms with Crippen LogP contribution in [0.1, 0.15) is 76.5 Å². The molecule has 53 heavy (non-hydrogen) atoms. The molecule has 0 bridgehead atoms. The van der Waals surface area contributed by atoms with Crippen molar-refractivity contribution in [3.8, 4) is 5.75 Å². The number of ether oxygens (including phenoxy) is 1. The van der Waals surface area contributed by atoms with Gasteiger partial charge in [-0.3, -0.25) is 29.7 Å². The van der Waals surface area contributed by atoms with E-state index in [-0.39, 0.29) is 53.1 Å². The number of likely N-dealkylation sites (N-methyl/N-ethyl adjacent to an activating group) is 2. The Kier molecular flexibility index (Phi) is 15.3. The maximum Gasteiger partial charge on any atom is 0.311 e. The lowest BCUT2D eigenvalue weighted by Crippen LogP contribution is -2.27. The number of pyridine rings is 2. The van der Waals surface area contributed by atoms with Crippen molar-refractivity contribution in [2.24, 2.45) is 0 Å². The van der Waals surface area contributed by atoms with E-state index in [2.05, 4.69) is 74.2 Å². The van der Waals surface area contributed by atoms with Crippen molar-refractivity contribution in [2.45, 2.75) is 59.0 Å². The number of halogens is 3. The fourth-order valence-electron chi connectivity index (χ4n) is 6.02. The first-order valence-corrected chi connectivity index (χ1v) is 17.7. The van der Waals surface area contributed by atoms with Gasteiger partial charge in [-0.05, 0) is 79.5 Å². The molecule has 4 heterocycles. The highest BCUT2D eigenvalue weighted by atomic mass is 79.9. The molecule has 2 N–H and O–H groups in total. The Labute approximate surface area is 331 Å². The van der Waals surface area contributed by atoms with Gasteiger partial charge >= 0.3 is 5.69 Å². The van der Waals surface area contributed by atoms with Crippen molar-refractivity contribution in [1.29, 1.82) is 0 Å². The number of hydrogen-bond acceptors (Lipinski definition) is 9. The molecule has 0 saturated heterocycles. The van der Waals surface area contributed by atoms with E-state index >= 15 is 0 Å². The molecule has 2 amide bonds. The molecule has 0 spiro atoms. The monoisotopic (exact) mass is 829 g/mol. The highest BCUT2D eigenvalue weighted by Crippen LogP contribution is 2.31. The summed E-state index contributed by atoms with van der Waals surface area (Å²) in [5.74, 6) is -0.401. The van der Waals surface area contributed by atoms with Crippen molar-refractivity contribution in [1.82, 2.24) is 19.8 Å². The molecule has 4 aromatic rings. The Morgan fingerprint density at radius 3 is 1.79 bits per heavy atom. The highest BCUT2D eigenvalue weighted by molar-refractivity contribution is 9.10. The molecule has 0 radical (unpaired) electrons. The molecular formula is C38H46BrCl2N7O5. The quantitative estimate of drug-likeness (QED) is 0.141. The zero-order valence-corrected chi connectivity index (χ0v) is 33.9. The number of nitrogens with one attached hydrogen (secondary N) is 2. The maximum absolute atomic E-state index is 12.6. The number of aromatic nitrogens is 2. The fourth-order valence-corrected chi connectivity index (χ4v) is 6.99. The van der Waals surface area contributed by atoms with Gasteiger partial charge in [0.25, 0.3) is 11.8 Å². The predicted octanol–water partition coefficient (Wildman–Crippen LogP) is 7.85. The van der Waals surface area contributed by atoms with E-state index in [1.807, 2.05) is 37.4 Å². The third-order valence-electron chi connectivity index (χ3n) is 8.73. The van der Waals surface area contributed by atoms with Crippen LogP contribution in [0.4, 0.5) is 17.1 Å². The summed E-state index contributed by atoms with van der Waals surface area (Å²) in [6.07, 6.45) is 5.21. The Bertz CT molecular complexity index is 1960. The Morgan fingerprint density at radius 1 is 0.849 bits per heavy atom. The number of amides is 2. The van der Waals surface area contributed by atoms with Gasteiger partial charge < -0.3 is 25.2 Å². The number of rotatable bonds is 7. The van der Waals surface area contributed by atoms with Crippen LogP contribution in [0.15, 0.2) is 65.4 Å². The van der Waals surface area contributed by atoms with Crippen LogP contribution < -0.4 is 15.4 Å². The number of nitro groups is 1. The molecule has 0 unspecified atom stereocenters. The number of nitrogens with zero attached hydrogens (tertiary/aromatic N) is 5. The SMILES string of the molecule is CCOc1ccc(C(=O)Nc2cnc3c(c2)CN(C)CC3)cc1[N+](=O)[O-].CN1CCc2ncc(NC(=O)c3ccc(C(C)(C)C)c(Br)c3)cc2C1.Cl.Cl. The van der Waals surface area contributed by atoms with Crippen LogP contribution in [-0.4, -0.2) is 70.3 Å². The van der Waals surface area contributed by atoms with Crippen LogP contribution in [0.5, 0.6) is 5.75 Å². The molecule has 2 aliphatic rings. The lowest BCUT2D eigenvalue weighted by molar-refractivity contribution is -0.385. The number of benzene rings is 2. The topological polar surface area (TPSA) is 143 Å². The van der Waals surface area contributed by atoms with Gasteiger partial charge in [0.2, 0.25) is 0 Å². The van der Waals surface area contributed by atoms with Gasteiger partial charge in [0.15, 0.2) is 5.75 Å². The molecule has 0 saturated carbocycles. The van der Waals surface area contributed by atoms with Crippen LogP contribution in [0.3, 0.4) is 0 Å². The summed E-state index contributed by atoms with van der Waals surface area (Å²) >= 11 is 3.59. The molecule has 0 aliphatic carbocycles. The second kappa shape index (κ2) is 18.8. The van der Waals surface area contributed by atoms with Gasteiger partial charge in [-0.2, -0.15) is 0 Å². The van der Waals surface area contributed by atoms with Crippen molar-refractivity contribution in [3.63, 3.8) is 0 Å². The predicted molar refractivity (Wildman–Crippen MR) is 216 cm³/mol. The summed E-state index contributed by atoms with van der Waals surface area (Å²) in [4.78, 5) is 49.1.